The summed E-state index contributed by atoms with van der Waals surface area (Å²) in [7, 11) is 0. The zero-order valence-corrected chi connectivity index (χ0v) is 14.7. The Hall–Kier alpha value is -2.30. The van der Waals surface area contributed by atoms with Gasteiger partial charge >= 0.3 is 5.97 Å². The van der Waals surface area contributed by atoms with Gasteiger partial charge in [-0.2, -0.15) is 0 Å². The highest BCUT2D eigenvalue weighted by atomic mass is 16.4. The molecule has 3 N–H and O–H groups in total. The summed E-state index contributed by atoms with van der Waals surface area (Å²) in [6.07, 6.45) is 7.31. The predicted octanol–water partition coefficient (Wildman–Crippen LogP) is 3.42. The molecule has 0 spiro atoms. The van der Waals surface area contributed by atoms with Crippen LogP contribution in [0.25, 0.3) is 10.9 Å². The van der Waals surface area contributed by atoms with E-state index >= 15 is 0 Å². The Bertz CT molecular complexity index is 772. The van der Waals surface area contributed by atoms with E-state index in [1.807, 2.05) is 18.3 Å². The Balaban J connectivity index is 1.68. The fraction of sp³-hybridized carbons (Fsp3) is 0.500. The van der Waals surface area contributed by atoms with Crippen LogP contribution in [0.4, 0.5) is 0 Å². The number of hydrogen-bond acceptors (Lipinski definition) is 2. The lowest BCUT2D eigenvalue weighted by molar-refractivity contribution is -0.151. The number of carboxylic acids is 1. The molecule has 25 heavy (non-hydrogen) atoms. The Morgan fingerprint density at radius 2 is 1.96 bits per heavy atom. The minimum Gasteiger partial charge on any atom is -0.481 e. The van der Waals surface area contributed by atoms with Gasteiger partial charge < -0.3 is 15.4 Å². The normalized spacial score (nSPS) is 16.7. The van der Waals surface area contributed by atoms with E-state index in [2.05, 4.69) is 23.3 Å². The maximum absolute atomic E-state index is 12.4. The van der Waals surface area contributed by atoms with Crippen LogP contribution in [0, 0.1) is 5.41 Å². The molecule has 5 nitrogen and oxygen atoms in total. The number of H-pyrrole nitrogens is 1. The van der Waals surface area contributed by atoms with Crippen molar-refractivity contribution in [1.29, 1.82) is 0 Å². The molecular weight excluding hydrogens is 316 g/mol. The summed E-state index contributed by atoms with van der Waals surface area (Å²) < 4.78 is 0. The fourth-order valence-electron chi connectivity index (χ4n) is 3.91. The minimum atomic E-state index is -0.788. The first-order valence-electron chi connectivity index (χ1n) is 9.14. The number of aromatic nitrogens is 1. The summed E-state index contributed by atoms with van der Waals surface area (Å²) in [5, 5.41) is 13.5. The van der Waals surface area contributed by atoms with E-state index in [-0.39, 0.29) is 18.9 Å². The number of carboxylic acid groups (broad SMARTS) is 1. The van der Waals surface area contributed by atoms with Gasteiger partial charge in [-0.25, -0.2) is 0 Å². The third kappa shape index (κ3) is 3.55. The molecule has 0 aliphatic heterocycles. The second kappa shape index (κ2) is 7.30. The molecular formula is C20H26N2O3. The van der Waals surface area contributed by atoms with E-state index < -0.39 is 11.4 Å². The van der Waals surface area contributed by atoms with Gasteiger partial charge in [-0.15, -0.1) is 0 Å². The molecule has 0 bridgehead atoms. The third-order valence-electron chi connectivity index (χ3n) is 5.51. The molecule has 3 rings (SSSR count). The van der Waals surface area contributed by atoms with Crippen molar-refractivity contribution in [3.63, 3.8) is 0 Å². The van der Waals surface area contributed by atoms with Crippen LogP contribution in [-0.2, 0) is 22.4 Å². The molecule has 0 radical (unpaired) electrons. The van der Waals surface area contributed by atoms with Gasteiger partial charge in [0.05, 0.1) is 11.8 Å². The molecule has 1 amide bonds. The number of benzene rings is 1. The molecule has 2 aromatic rings. The van der Waals surface area contributed by atoms with Crippen molar-refractivity contribution in [2.75, 3.05) is 6.54 Å². The van der Waals surface area contributed by atoms with Crippen LogP contribution in [0.1, 0.15) is 50.2 Å². The first-order chi connectivity index (χ1) is 12.1. The number of para-hydroxylation sites is 1. The molecule has 1 aliphatic rings. The Morgan fingerprint density at radius 1 is 1.20 bits per heavy atom. The van der Waals surface area contributed by atoms with Crippen molar-refractivity contribution >= 4 is 22.8 Å². The van der Waals surface area contributed by atoms with E-state index in [4.69, 9.17) is 0 Å². The van der Waals surface area contributed by atoms with Gasteiger partial charge in [0.15, 0.2) is 0 Å². The number of amides is 1. The SMILES string of the molecule is CCc1cccc2c(CC(=O)NCC3(C(=O)O)CCCCC3)c[nH]c12. The van der Waals surface area contributed by atoms with Crippen molar-refractivity contribution in [2.45, 2.75) is 51.9 Å². The van der Waals surface area contributed by atoms with E-state index in [1.165, 1.54) is 5.56 Å². The standard InChI is InChI=1S/C20H26N2O3/c1-2-14-7-6-8-16-15(12-21-18(14)16)11-17(23)22-13-20(19(24)25)9-4-3-5-10-20/h6-8,12,21H,2-5,9-11,13H2,1H3,(H,22,23)(H,24,25). The van der Waals surface area contributed by atoms with E-state index in [0.717, 1.165) is 42.1 Å². The minimum absolute atomic E-state index is 0.117. The molecule has 0 saturated heterocycles. The Kier molecular flexibility index (Phi) is 5.11. The fourth-order valence-corrected chi connectivity index (χ4v) is 3.91. The smallest absolute Gasteiger partial charge is 0.311 e. The van der Waals surface area contributed by atoms with Crippen LogP contribution in [0.2, 0.25) is 0 Å². The third-order valence-corrected chi connectivity index (χ3v) is 5.51. The summed E-state index contributed by atoms with van der Waals surface area (Å²) in [5.74, 6) is -0.902. The summed E-state index contributed by atoms with van der Waals surface area (Å²) in [5.41, 5.74) is 2.48. The molecule has 1 saturated carbocycles. The molecule has 1 aliphatic carbocycles. The monoisotopic (exact) mass is 342 g/mol. The summed E-state index contributed by atoms with van der Waals surface area (Å²) in [6.45, 7) is 2.33. The second-order valence-electron chi connectivity index (χ2n) is 7.11. The number of carbonyl (C=O) groups is 2. The van der Waals surface area contributed by atoms with Gasteiger partial charge in [-0.3, -0.25) is 9.59 Å². The highest BCUT2D eigenvalue weighted by Gasteiger charge is 2.39. The molecule has 5 heteroatoms. The number of rotatable bonds is 6. The lowest BCUT2D eigenvalue weighted by Crippen LogP contribution is -2.44. The number of hydrogen-bond donors (Lipinski definition) is 3. The topological polar surface area (TPSA) is 82.2 Å². The van der Waals surface area contributed by atoms with Gasteiger partial charge in [0.1, 0.15) is 0 Å². The van der Waals surface area contributed by atoms with Gasteiger partial charge in [-0.1, -0.05) is 44.4 Å². The maximum atomic E-state index is 12.4. The largest absolute Gasteiger partial charge is 0.481 e. The summed E-state index contributed by atoms with van der Waals surface area (Å²) in [6, 6.07) is 6.12. The molecule has 1 aromatic carbocycles. The van der Waals surface area contributed by atoms with Crippen molar-refractivity contribution < 1.29 is 14.7 Å². The van der Waals surface area contributed by atoms with E-state index in [1.54, 1.807) is 0 Å². The van der Waals surface area contributed by atoms with Gasteiger partial charge in [0, 0.05) is 23.6 Å². The van der Waals surface area contributed by atoms with Gasteiger partial charge in [0.2, 0.25) is 5.91 Å². The van der Waals surface area contributed by atoms with Crippen molar-refractivity contribution in [1.82, 2.24) is 10.3 Å². The molecule has 0 atom stereocenters. The van der Waals surface area contributed by atoms with Crippen molar-refractivity contribution in [3.05, 3.63) is 35.5 Å². The van der Waals surface area contributed by atoms with Crippen LogP contribution in [0.5, 0.6) is 0 Å². The Labute approximate surface area is 147 Å². The summed E-state index contributed by atoms with van der Waals surface area (Å²) >= 11 is 0. The lowest BCUT2D eigenvalue weighted by atomic mass is 9.74. The number of aromatic amines is 1. The van der Waals surface area contributed by atoms with Crippen LogP contribution in [0.3, 0.4) is 0 Å². The van der Waals surface area contributed by atoms with E-state index in [0.29, 0.717) is 12.8 Å². The zero-order valence-electron chi connectivity index (χ0n) is 14.7. The second-order valence-corrected chi connectivity index (χ2v) is 7.11. The first-order valence-corrected chi connectivity index (χ1v) is 9.14. The van der Waals surface area contributed by atoms with Gasteiger partial charge in [-0.05, 0) is 30.4 Å². The lowest BCUT2D eigenvalue weighted by Gasteiger charge is -2.33. The van der Waals surface area contributed by atoms with Crippen molar-refractivity contribution in [3.8, 4) is 0 Å². The highest BCUT2D eigenvalue weighted by molar-refractivity contribution is 5.90. The van der Waals surface area contributed by atoms with Crippen LogP contribution in [-0.4, -0.2) is 28.5 Å². The highest BCUT2D eigenvalue weighted by Crippen LogP contribution is 2.36. The maximum Gasteiger partial charge on any atom is 0.311 e. The molecule has 1 aromatic heterocycles. The summed E-state index contributed by atoms with van der Waals surface area (Å²) in [4.78, 5) is 27.4. The molecule has 0 unspecified atom stereocenters. The van der Waals surface area contributed by atoms with Crippen LogP contribution >= 0.6 is 0 Å². The quantitative estimate of drug-likeness (QED) is 0.752. The van der Waals surface area contributed by atoms with E-state index in [9.17, 15) is 14.7 Å². The average molecular weight is 342 g/mol. The predicted molar refractivity (Wildman–Crippen MR) is 97.5 cm³/mol. The number of nitrogens with one attached hydrogen (secondary N) is 2. The zero-order chi connectivity index (χ0) is 17.9. The Morgan fingerprint density at radius 3 is 2.64 bits per heavy atom. The van der Waals surface area contributed by atoms with Gasteiger partial charge in [0.25, 0.3) is 0 Å². The number of aryl methyl sites for hydroxylation is 1. The molecule has 134 valence electrons. The number of carbonyl (C=O) groups excluding carboxylic acids is 1. The molecule has 1 fully saturated rings. The van der Waals surface area contributed by atoms with Crippen LogP contribution < -0.4 is 5.32 Å². The molecule has 1 heterocycles. The number of fused-ring (bicyclic) bond motifs is 1. The average Bonchev–Trinajstić information content (AvgIpc) is 3.03. The van der Waals surface area contributed by atoms with Crippen LogP contribution in [0.15, 0.2) is 24.4 Å². The van der Waals surface area contributed by atoms with Crippen molar-refractivity contribution in [2.24, 2.45) is 5.41 Å². The first kappa shape index (κ1) is 17.5. The number of aliphatic carboxylic acids is 1.